The van der Waals surface area contributed by atoms with E-state index in [1.807, 2.05) is 0 Å². The third-order valence-corrected chi connectivity index (χ3v) is 6.30. The van der Waals surface area contributed by atoms with Gasteiger partial charge in [-0.15, -0.1) is 11.3 Å². The van der Waals surface area contributed by atoms with E-state index in [0.29, 0.717) is 26.7 Å². The summed E-state index contributed by atoms with van der Waals surface area (Å²) in [4.78, 5) is 28.5. The van der Waals surface area contributed by atoms with Gasteiger partial charge < -0.3 is 10.1 Å². The Hall–Kier alpha value is -1.60. The molecule has 5 nitrogen and oxygen atoms in total. The predicted molar refractivity (Wildman–Crippen MR) is 109 cm³/mol. The topological polar surface area (TPSA) is 58.6 Å². The third-order valence-electron chi connectivity index (χ3n) is 4.61. The van der Waals surface area contributed by atoms with E-state index < -0.39 is 11.9 Å². The quantitative estimate of drug-likeness (QED) is 0.708. The van der Waals surface area contributed by atoms with Crippen LogP contribution in [0.1, 0.15) is 45.0 Å². The fourth-order valence-electron chi connectivity index (χ4n) is 3.11. The maximum Gasteiger partial charge on any atom is 0.341 e. The Balaban J connectivity index is 1.96. The summed E-state index contributed by atoms with van der Waals surface area (Å²) < 4.78 is 4.96. The molecule has 2 aromatic rings. The maximum atomic E-state index is 12.7. The summed E-state index contributed by atoms with van der Waals surface area (Å²) in [7, 11) is 1.34. The number of hydrogen-bond acceptors (Lipinski definition) is 5. The largest absolute Gasteiger partial charge is 0.465 e. The maximum absolute atomic E-state index is 12.7. The van der Waals surface area contributed by atoms with Crippen molar-refractivity contribution in [2.75, 3.05) is 19.0 Å². The molecular formula is C19H20Cl2N2O3S. The monoisotopic (exact) mass is 426 g/mol. The molecule has 0 saturated heterocycles. The predicted octanol–water partition coefficient (Wildman–Crippen LogP) is 4.86. The molecule has 2 heterocycles. The standard InChI is InChI=1S/C19H20Cl2N2O3S/c1-10(2)23-7-6-12-15(9-23)27-18(16(12)19(25)26-3)22-17(24)13-8-11(20)4-5-14(13)21/h4-5,8,10H,6-7,9H2,1-3H3,(H,22,24). The average molecular weight is 427 g/mol. The molecule has 0 saturated carbocycles. The van der Waals surface area contributed by atoms with Gasteiger partial charge in [0.1, 0.15) is 5.00 Å². The van der Waals surface area contributed by atoms with Gasteiger partial charge in [0.25, 0.3) is 5.91 Å². The summed E-state index contributed by atoms with van der Waals surface area (Å²) in [5, 5.41) is 4.02. The van der Waals surface area contributed by atoms with Crippen molar-refractivity contribution in [3.63, 3.8) is 0 Å². The van der Waals surface area contributed by atoms with Gasteiger partial charge in [0, 0.05) is 29.0 Å². The van der Waals surface area contributed by atoms with E-state index in [-0.39, 0.29) is 5.56 Å². The zero-order chi connectivity index (χ0) is 19.7. The molecule has 8 heteroatoms. The minimum Gasteiger partial charge on any atom is -0.465 e. The number of hydrogen-bond donors (Lipinski definition) is 1. The fourth-order valence-corrected chi connectivity index (χ4v) is 4.74. The lowest BCUT2D eigenvalue weighted by Crippen LogP contribution is -2.35. The van der Waals surface area contributed by atoms with Gasteiger partial charge in [0.2, 0.25) is 0 Å². The minimum atomic E-state index is -0.446. The van der Waals surface area contributed by atoms with Crippen molar-refractivity contribution in [1.29, 1.82) is 0 Å². The zero-order valence-corrected chi connectivity index (χ0v) is 17.6. The van der Waals surface area contributed by atoms with Crippen molar-refractivity contribution in [1.82, 2.24) is 4.90 Å². The molecule has 0 fully saturated rings. The number of anilines is 1. The molecule has 1 aromatic heterocycles. The fraction of sp³-hybridized carbons (Fsp3) is 0.368. The first kappa shape index (κ1) is 20.1. The highest BCUT2D eigenvalue weighted by atomic mass is 35.5. The van der Waals surface area contributed by atoms with Gasteiger partial charge >= 0.3 is 5.97 Å². The van der Waals surface area contributed by atoms with Gasteiger partial charge in [-0.25, -0.2) is 4.79 Å². The van der Waals surface area contributed by atoms with Crippen molar-refractivity contribution in [2.24, 2.45) is 0 Å². The SMILES string of the molecule is COC(=O)c1c(NC(=O)c2cc(Cl)ccc2Cl)sc2c1CCN(C(C)C)C2. The second-order valence-corrected chi connectivity index (χ2v) is 8.54. The Bertz CT molecular complexity index is 895. The van der Waals surface area contributed by atoms with E-state index in [1.165, 1.54) is 24.5 Å². The van der Waals surface area contributed by atoms with Crippen molar-refractivity contribution in [2.45, 2.75) is 32.9 Å². The summed E-state index contributed by atoms with van der Waals surface area (Å²) in [5.41, 5.74) is 1.65. The van der Waals surface area contributed by atoms with E-state index in [2.05, 4.69) is 24.1 Å². The molecule has 1 N–H and O–H groups in total. The highest BCUT2D eigenvalue weighted by molar-refractivity contribution is 7.17. The van der Waals surface area contributed by atoms with Crippen molar-refractivity contribution >= 4 is 51.4 Å². The van der Waals surface area contributed by atoms with Gasteiger partial charge in [-0.1, -0.05) is 23.2 Å². The van der Waals surface area contributed by atoms with Gasteiger partial charge in [0.05, 0.1) is 23.3 Å². The number of thiophene rings is 1. The molecule has 1 amide bonds. The zero-order valence-electron chi connectivity index (χ0n) is 15.3. The van der Waals surface area contributed by atoms with Crippen LogP contribution in [0, 0.1) is 0 Å². The number of ether oxygens (including phenoxy) is 1. The van der Waals surface area contributed by atoms with Crippen LogP contribution in [0.3, 0.4) is 0 Å². The van der Waals surface area contributed by atoms with Crippen LogP contribution in [0.4, 0.5) is 5.00 Å². The number of esters is 1. The Morgan fingerprint density at radius 2 is 2.04 bits per heavy atom. The van der Waals surface area contributed by atoms with Crippen LogP contribution in [-0.4, -0.2) is 36.5 Å². The van der Waals surface area contributed by atoms with Crippen LogP contribution >= 0.6 is 34.5 Å². The molecule has 144 valence electrons. The Morgan fingerprint density at radius 3 is 2.70 bits per heavy atom. The van der Waals surface area contributed by atoms with Crippen molar-refractivity contribution in [3.8, 4) is 0 Å². The molecule has 0 aliphatic carbocycles. The van der Waals surface area contributed by atoms with Crippen LogP contribution in [0.15, 0.2) is 18.2 Å². The van der Waals surface area contributed by atoms with Gasteiger partial charge in [-0.2, -0.15) is 0 Å². The first-order chi connectivity index (χ1) is 12.8. The Labute approximate surface area is 172 Å². The summed E-state index contributed by atoms with van der Waals surface area (Å²) in [6.45, 7) is 5.89. The molecule has 1 aromatic carbocycles. The van der Waals surface area contributed by atoms with E-state index in [0.717, 1.165) is 30.0 Å². The highest BCUT2D eigenvalue weighted by Crippen LogP contribution is 2.38. The van der Waals surface area contributed by atoms with E-state index >= 15 is 0 Å². The molecule has 27 heavy (non-hydrogen) atoms. The summed E-state index contributed by atoms with van der Waals surface area (Å²) in [6, 6.07) is 5.10. The summed E-state index contributed by atoms with van der Waals surface area (Å²) >= 11 is 13.5. The number of amides is 1. The highest BCUT2D eigenvalue weighted by Gasteiger charge is 2.30. The summed E-state index contributed by atoms with van der Waals surface area (Å²) in [6.07, 6.45) is 0.738. The molecule has 0 atom stereocenters. The average Bonchev–Trinajstić information content (AvgIpc) is 2.99. The number of nitrogens with zero attached hydrogens (tertiary/aromatic N) is 1. The molecule has 0 bridgehead atoms. The smallest absolute Gasteiger partial charge is 0.341 e. The number of halogens is 2. The number of carbonyl (C=O) groups excluding carboxylic acids is 2. The van der Waals surface area contributed by atoms with Crippen LogP contribution in [0.2, 0.25) is 10.0 Å². The second kappa shape index (κ2) is 8.19. The van der Waals surface area contributed by atoms with Gasteiger partial charge in [0.15, 0.2) is 0 Å². The van der Waals surface area contributed by atoms with Crippen LogP contribution in [0.25, 0.3) is 0 Å². The molecule has 1 aliphatic rings. The number of methoxy groups -OCH3 is 1. The molecule has 0 unspecified atom stereocenters. The van der Waals surface area contributed by atoms with E-state index in [9.17, 15) is 9.59 Å². The number of fused-ring (bicyclic) bond motifs is 1. The molecule has 0 spiro atoms. The van der Waals surface area contributed by atoms with Gasteiger partial charge in [-0.3, -0.25) is 9.69 Å². The normalized spacial score (nSPS) is 14.1. The summed E-state index contributed by atoms with van der Waals surface area (Å²) in [5.74, 6) is -0.857. The molecular weight excluding hydrogens is 407 g/mol. The van der Waals surface area contributed by atoms with E-state index in [4.69, 9.17) is 27.9 Å². The lowest BCUT2D eigenvalue weighted by molar-refractivity contribution is 0.0600. The molecule has 1 aliphatic heterocycles. The van der Waals surface area contributed by atoms with Crippen LogP contribution < -0.4 is 5.32 Å². The van der Waals surface area contributed by atoms with Crippen molar-refractivity contribution < 1.29 is 14.3 Å². The van der Waals surface area contributed by atoms with Crippen molar-refractivity contribution in [3.05, 3.63) is 49.8 Å². The third kappa shape index (κ3) is 4.14. The minimum absolute atomic E-state index is 0.259. The Kier molecular flexibility index (Phi) is 6.11. The molecule has 3 rings (SSSR count). The van der Waals surface area contributed by atoms with Crippen LogP contribution in [0.5, 0.6) is 0 Å². The first-order valence-corrected chi connectivity index (χ1v) is 10.1. The lowest BCUT2D eigenvalue weighted by Gasteiger charge is -2.30. The Morgan fingerprint density at radius 1 is 1.30 bits per heavy atom. The number of carbonyl (C=O) groups is 2. The number of nitrogens with one attached hydrogen (secondary N) is 1. The number of benzene rings is 1. The second-order valence-electron chi connectivity index (χ2n) is 6.59. The number of rotatable bonds is 4. The molecule has 0 radical (unpaired) electrons. The first-order valence-electron chi connectivity index (χ1n) is 8.55. The van der Waals surface area contributed by atoms with Gasteiger partial charge in [-0.05, 0) is 44.0 Å². The van der Waals surface area contributed by atoms with Crippen LogP contribution in [-0.2, 0) is 17.7 Å². The van der Waals surface area contributed by atoms with E-state index in [1.54, 1.807) is 12.1 Å². The lowest BCUT2D eigenvalue weighted by atomic mass is 10.0.